The van der Waals surface area contributed by atoms with Gasteiger partial charge in [0.25, 0.3) is 10.0 Å². The lowest BCUT2D eigenvalue weighted by atomic mass is 10.1. The molecule has 1 fully saturated rings. The lowest BCUT2D eigenvalue weighted by molar-refractivity contribution is -0.139. The van der Waals surface area contributed by atoms with Crippen LogP contribution < -0.4 is 9.62 Å². The van der Waals surface area contributed by atoms with E-state index in [0.29, 0.717) is 10.7 Å². The average molecular weight is 630 g/mol. The van der Waals surface area contributed by atoms with Crippen LogP contribution in [0.2, 0.25) is 0 Å². The van der Waals surface area contributed by atoms with Gasteiger partial charge in [-0.25, -0.2) is 8.42 Å². The SMILES string of the molecule is CC[C@H](C(=O)NC1CCCC1)N(CCc1ccccc1)C(=O)CN(c1cccc(C(F)(F)F)c1)S(=O)(=O)c1ccc(C)cc1. The molecule has 0 spiro atoms. The molecule has 1 atom stereocenters. The number of nitrogens with zero attached hydrogens (tertiary/aromatic N) is 2. The molecule has 44 heavy (non-hydrogen) atoms. The number of halogens is 3. The van der Waals surface area contributed by atoms with Crippen LogP contribution in [0.15, 0.2) is 83.8 Å². The molecule has 3 aromatic carbocycles. The third-order valence-corrected chi connectivity index (χ3v) is 9.71. The van der Waals surface area contributed by atoms with E-state index in [2.05, 4.69) is 5.32 Å². The van der Waals surface area contributed by atoms with Crippen LogP contribution in [0.25, 0.3) is 0 Å². The highest BCUT2D eigenvalue weighted by Crippen LogP contribution is 2.33. The zero-order valence-electron chi connectivity index (χ0n) is 24.9. The first-order valence-corrected chi connectivity index (χ1v) is 16.2. The van der Waals surface area contributed by atoms with Crippen LogP contribution in [-0.2, 0) is 32.2 Å². The van der Waals surface area contributed by atoms with Gasteiger partial charge < -0.3 is 10.2 Å². The number of anilines is 1. The molecule has 0 aliphatic heterocycles. The number of carbonyl (C=O) groups excluding carboxylic acids is 2. The predicted octanol–water partition coefficient (Wildman–Crippen LogP) is 6.12. The number of carbonyl (C=O) groups is 2. The summed E-state index contributed by atoms with van der Waals surface area (Å²) in [6.07, 6.45) is -0.368. The molecule has 1 saturated carbocycles. The summed E-state index contributed by atoms with van der Waals surface area (Å²) >= 11 is 0. The molecule has 0 saturated heterocycles. The van der Waals surface area contributed by atoms with Crippen molar-refractivity contribution >= 4 is 27.5 Å². The lowest BCUT2D eigenvalue weighted by Gasteiger charge is -2.34. The van der Waals surface area contributed by atoms with Gasteiger partial charge in [0.15, 0.2) is 0 Å². The van der Waals surface area contributed by atoms with Gasteiger partial charge in [-0.15, -0.1) is 0 Å². The second kappa shape index (κ2) is 14.3. The van der Waals surface area contributed by atoms with E-state index >= 15 is 0 Å². The number of rotatable bonds is 12. The van der Waals surface area contributed by atoms with Crippen LogP contribution in [0.4, 0.5) is 18.9 Å². The van der Waals surface area contributed by atoms with Crippen LogP contribution in [0.1, 0.15) is 55.7 Å². The van der Waals surface area contributed by atoms with Crippen LogP contribution in [-0.4, -0.2) is 50.3 Å². The third kappa shape index (κ3) is 8.19. The number of hydrogen-bond donors (Lipinski definition) is 1. The van der Waals surface area contributed by atoms with E-state index in [9.17, 15) is 31.2 Å². The van der Waals surface area contributed by atoms with Crippen molar-refractivity contribution in [1.82, 2.24) is 10.2 Å². The fourth-order valence-electron chi connectivity index (χ4n) is 5.47. The minimum absolute atomic E-state index is 0.00569. The zero-order valence-corrected chi connectivity index (χ0v) is 25.7. The molecule has 4 rings (SSSR count). The Bertz CT molecular complexity index is 1520. The van der Waals surface area contributed by atoms with Gasteiger partial charge in [0.1, 0.15) is 12.6 Å². The van der Waals surface area contributed by atoms with Crippen molar-refractivity contribution in [1.29, 1.82) is 0 Å². The summed E-state index contributed by atoms with van der Waals surface area (Å²) < 4.78 is 69.6. The summed E-state index contributed by atoms with van der Waals surface area (Å²) in [4.78, 5) is 28.8. The number of alkyl halides is 3. The van der Waals surface area contributed by atoms with E-state index in [1.165, 1.54) is 23.1 Å². The van der Waals surface area contributed by atoms with Crippen molar-refractivity contribution in [3.8, 4) is 0 Å². The summed E-state index contributed by atoms with van der Waals surface area (Å²) in [5, 5.41) is 3.04. The van der Waals surface area contributed by atoms with Gasteiger partial charge in [0.2, 0.25) is 11.8 Å². The number of benzene rings is 3. The van der Waals surface area contributed by atoms with Crippen LogP contribution in [0.5, 0.6) is 0 Å². The third-order valence-electron chi connectivity index (χ3n) is 7.92. The van der Waals surface area contributed by atoms with Crippen molar-refractivity contribution in [3.05, 3.63) is 95.6 Å². The van der Waals surface area contributed by atoms with E-state index in [1.54, 1.807) is 26.0 Å². The topological polar surface area (TPSA) is 86.8 Å². The minimum Gasteiger partial charge on any atom is -0.352 e. The first kappa shape index (κ1) is 33.0. The second-order valence-electron chi connectivity index (χ2n) is 11.1. The van der Waals surface area contributed by atoms with Crippen molar-refractivity contribution in [2.24, 2.45) is 0 Å². The van der Waals surface area contributed by atoms with Gasteiger partial charge in [-0.3, -0.25) is 13.9 Å². The molecule has 7 nitrogen and oxygen atoms in total. The van der Waals surface area contributed by atoms with Crippen molar-refractivity contribution < 1.29 is 31.2 Å². The number of nitrogens with one attached hydrogen (secondary N) is 1. The van der Waals surface area contributed by atoms with Crippen LogP contribution in [0.3, 0.4) is 0 Å². The zero-order chi connectivity index (χ0) is 31.9. The molecule has 236 valence electrons. The molecule has 0 bridgehead atoms. The van der Waals surface area contributed by atoms with Gasteiger partial charge in [0, 0.05) is 12.6 Å². The summed E-state index contributed by atoms with van der Waals surface area (Å²) in [5.41, 5.74) is 0.352. The fourth-order valence-corrected chi connectivity index (χ4v) is 6.87. The van der Waals surface area contributed by atoms with E-state index in [0.717, 1.165) is 55.0 Å². The van der Waals surface area contributed by atoms with Crippen molar-refractivity contribution in [2.45, 2.75) is 75.5 Å². The summed E-state index contributed by atoms with van der Waals surface area (Å²) in [7, 11) is -4.48. The standard InChI is InChI=1S/C33H38F3N3O4S/c1-3-30(32(41)37-27-13-7-8-14-27)38(21-20-25-10-5-4-6-11-25)31(40)23-39(28-15-9-12-26(22-28)33(34,35)36)44(42,43)29-18-16-24(2)17-19-29/h4-6,9-12,15-19,22,27,30H,3,7-8,13-14,20-21,23H2,1-2H3,(H,37,41)/t30-/m1/s1. The number of hydrogen-bond acceptors (Lipinski definition) is 4. The van der Waals surface area contributed by atoms with Gasteiger partial charge in [-0.2, -0.15) is 13.2 Å². The molecule has 0 heterocycles. The molecule has 11 heteroatoms. The second-order valence-corrected chi connectivity index (χ2v) is 13.0. The molecule has 0 aromatic heterocycles. The van der Waals surface area contributed by atoms with E-state index in [1.807, 2.05) is 30.3 Å². The molecular formula is C33H38F3N3O4S. The average Bonchev–Trinajstić information content (AvgIpc) is 3.51. The Morgan fingerprint density at radius 2 is 1.61 bits per heavy atom. The van der Waals surface area contributed by atoms with Gasteiger partial charge in [-0.05, 0) is 68.5 Å². The van der Waals surface area contributed by atoms with Gasteiger partial charge in [0.05, 0.1) is 16.1 Å². The highest BCUT2D eigenvalue weighted by atomic mass is 32.2. The Kier molecular flexibility index (Phi) is 10.7. The lowest BCUT2D eigenvalue weighted by Crippen LogP contribution is -2.54. The molecule has 1 aliphatic rings. The highest BCUT2D eigenvalue weighted by molar-refractivity contribution is 7.92. The summed E-state index contributed by atoms with van der Waals surface area (Å²) in [6, 6.07) is 18.2. The normalized spacial score (nSPS) is 14.7. The predicted molar refractivity (Wildman–Crippen MR) is 163 cm³/mol. The van der Waals surface area contributed by atoms with Gasteiger partial charge >= 0.3 is 6.18 Å². The van der Waals surface area contributed by atoms with E-state index in [-0.39, 0.29) is 35.5 Å². The Hall–Kier alpha value is -3.86. The van der Waals surface area contributed by atoms with Crippen LogP contribution >= 0.6 is 0 Å². The molecular weight excluding hydrogens is 591 g/mol. The smallest absolute Gasteiger partial charge is 0.352 e. The Morgan fingerprint density at radius 1 is 0.955 bits per heavy atom. The summed E-state index contributed by atoms with van der Waals surface area (Å²) in [5.74, 6) is -1.02. The minimum atomic E-state index is -4.73. The first-order valence-electron chi connectivity index (χ1n) is 14.8. The monoisotopic (exact) mass is 629 g/mol. The van der Waals surface area contributed by atoms with Crippen molar-refractivity contribution in [2.75, 3.05) is 17.4 Å². The maximum Gasteiger partial charge on any atom is 0.416 e. The van der Waals surface area contributed by atoms with Crippen molar-refractivity contribution in [3.63, 3.8) is 0 Å². The van der Waals surface area contributed by atoms with Gasteiger partial charge in [-0.1, -0.05) is 73.9 Å². The first-order chi connectivity index (χ1) is 20.9. The number of sulfonamides is 1. The van der Waals surface area contributed by atoms with Crippen LogP contribution in [0, 0.1) is 6.92 Å². The van der Waals surface area contributed by atoms with E-state index < -0.39 is 40.3 Å². The molecule has 0 radical (unpaired) electrons. The Balaban J connectivity index is 1.72. The molecule has 3 aromatic rings. The maximum atomic E-state index is 14.1. The molecule has 0 unspecified atom stereocenters. The van der Waals surface area contributed by atoms with E-state index in [4.69, 9.17) is 0 Å². The Labute approximate surface area is 257 Å². The summed E-state index contributed by atoms with van der Waals surface area (Å²) in [6.45, 7) is 2.87. The number of aryl methyl sites for hydroxylation is 1. The quantitative estimate of drug-likeness (QED) is 0.262. The Morgan fingerprint density at radius 3 is 2.23 bits per heavy atom. The largest absolute Gasteiger partial charge is 0.416 e. The highest BCUT2D eigenvalue weighted by Gasteiger charge is 2.36. The molecule has 1 N–H and O–H groups in total. The maximum absolute atomic E-state index is 14.1. The fraction of sp³-hybridized carbons (Fsp3) is 0.394. The number of amides is 2. The molecule has 2 amide bonds. The molecule has 1 aliphatic carbocycles.